The zero-order valence-electron chi connectivity index (χ0n) is 29.8. The predicted molar refractivity (Wildman–Crippen MR) is 200 cm³/mol. The number of anilines is 1. The Morgan fingerprint density at radius 1 is 1.00 bits per heavy atom. The molecule has 3 aromatic rings. The molecule has 1 heterocycles. The molecule has 1 aliphatic heterocycles. The van der Waals surface area contributed by atoms with E-state index in [1.165, 1.54) is 23.8 Å². The summed E-state index contributed by atoms with van der Waals surface area (Å²) in [5.41, 5.74) is 8.10. The second-order valence-corrected chi connectivity index (χ2v) is 12.8. The Morgan fingerprint density at radius 3 is 2.33 bits per heavy atom. The number of hydrogen-bond acceptors (Lipinski definition) is 2. The van der Waals surface area contributed by atoms with Gasteiger partial charge >= 0.3 is 0 Å². The van der Waals surface area contributed by atoms with Crippen LogP contribution in [0.5, 0.6) is 0 Å². The predicted octanol–water partition coefficient (Wildman–Crippen LogP) is 11.6. The Hall–Kier alpha value is -4.51. The van der Waals surface area contributed by atoms with Gasteiger partial charge in [-0.3, -0.25) is 4.79 Å². The summed E-state index contributed by atoms with van der Waals surface area (Å²) in [5.74, 6) is 0.374. The van der Waals surface area contributed by atoms with Crippen LogP contribution in [0.1, 0.15) is 80.1 Å². The fourth-order valence-electron chi connectivity index (χ4n) is 5.71. The summed E-state index contributed by atoms with van der Waals surface area (Å²) in [4.78, 5) is 17.6. The molecule has 0 saturated carbocycles. The van der Waals surface area contributed by atoms with Gasteiger partial charge in [0.2, 0.25) is 0 Å². The third-order valence-corrected chi connectivity index (χ3v) is 8.49. The summed E-state index contributed by atoms with van der Waals surface area (Å²) in [6, 6.07) is 21.0. The van der Waals surface area contributed by atoms with Gasteiger partial charge in [-0.1, -0.05) is 87.2 Å². The number of benzene rings is 3. The molecule has 0 radical (unpaired) electrons. The fraction of sp³-hybridized carbons (Fsp3) is 0.326. The summed E-state index contributed by atoms with van der Waals surface area (Å²) in [6.45, 7) is 20.4. The zero-order chi connectivity index (χ0) is 35.2. The van der Waals surface area contributed by atoms with Crippen LogP contribution in [0.4, 0.5) is 14.5 Å². The number of nitrogens with zero attached hydrogens (tertiary/aromatic N) is 2. The minimum Gasteiger partial charge on any atom is -0.341 e. The van der Waals surface area contributed by atoms with E-state index in [1.54, 1.807) is 19.1 Å². The van der Waals surface area contributed by atoms with Gasteiger partial charge in [-0.15, -0.1) is 0 Å². The smallest absolute Gasteiger partial charge is 0.253 e. The first-order valence-corrected chi connectivity index (χ1v) is 16.9. The van der Waals surface area contributed by atoms with Gasteiger partial charge in [-0.25, -0.2) is 8.78 Å². The van der Waals surface area contributed by atoms with E-state index in [2.05, 4.69) is 63.5 Å². The van der Waals surface area contributed by atoms with Gasteiger partial charge in [-0.05, 0) is 118 Å². The van der Waals surface area contributed by atoms with Crippen LogP contribution >= 0.6 is 0 Å². The fourth-order valence-corrected chi connectivity index (χ4v) is 5.71. The normalized spacial score (nSPS) is 14.4. The Labute approximate surface area is 287 Å². The number of carbonyl (C=O) groups excluding carboxylic acids is 1. The van der Waals surface area contributed by atoms with Crippen molar-refractivity contribution in [3.8, 4) is 0 Å². The van der Waals surface area contributed by atoms with Gasteiger partial charge in [0.15, 0.2) is 0 Å². The Bertz CT molecular complexity index is 1650. The first kappa shape index (κ1) is 37.9. The van der Waals surface area contributed by atoms with E-state index in [0.717, 1.165) is 52.1 Å². The number of piperidine rings is 1. The zero-order valence-corrected chi connectivity index (χ0v) is 29.8. The summed E-state index contributed by atoms with van der Waals surface area (Å²) in [5, 5.41) is 0. The van der Waals surface area contributed by atoms with Gasteiger partial charge < -0.3 is 9.80 Å². The maximum Gasteiger partial charge on any atom is 0.253 e. The molecule has 3 nitrogen and oxygen atoms in total. The van der Waals surface area contributed by atoms with E-state index in [0.29, 0.717) is 25.6 Å². The van der Waals surface area contributed by atoms with Crippen LogP contribution < -0.4 is 4.90 Å². The third kappa shape index (κ3) is 11.3. The summed E-state index contributed by atoms with van der Waals surface area (Å²) >= 11 is 0. The highest BCUT2D eigenvalue weighted by Crippen LogP contribution is 2.33. The summed E-state index contributed by atoms with van der Waals surface area (Å²) in [6.07, 6.45) is 12.7. The van der Waals surface area contributed by atoms with E-state index >= 15 is 0 Å². The number of carbonyl (C=O) groups is 1. The lowest BCUT2D eigenvalue weighted by atomic mass is 9.91. The molecule has 0 aliphatic carbocycles. The van der Waals surface area contributed by atoms with Gasteiger partial charge in [0.1, 0.15) is 11.6 Å². The van der Waals surface area contributed by atoms with Crippen molar-refractivity contribution in [2.24, 2.45) is 11.8 Å². The topological polar surface area (TPSA) is 23.6 Å². The number of rotatable bonds is 10. The molecular formula is C43H52F2N2O. The van der Waals surface area contributed by atoms with Gasteiger partial charge in [0.25, 0.3) is 5.91 Å². The minimum atomic E-state index is -0.233. The molecule has 0 atom stereocenters. The number of allylic oxidation sites excluding steroid dienone is 8. The van der Waals surface area contributed by atoms with E-state index in [4.69, 9.17) is 0 Å². The second-order valence-electron chi connectivity index (χ2n) is 12.8. The molecule has 0 bridgehead atoms. The standard InChI is InChI=1S/C34H39FN2O.C9H13F/c1-24(2)13-15-30-22-31(16-14-25(30)3)34(38)36-19-17-29(18-20-36)27(5)37(33-12-7-6-9-26(33)4)23-28-10-8-11-32(35)21-28;1-4-6-8(3)7-9(10)5-2/h6-16,21-22,24,29H,5,17-20,23H2,1-4H3;4-7H,1-3H3/b15-13-;6-4-,8-7-,9-5+. The number of para-hydroxylation sites is 1. The lowest BCUT2D eigenvalue weighted by Gasteiger charge is -2.38. The molecule has 5 heteroatoms. The summed E-state index contributed by atoms with van der Waals surface area (Å²) in [7, 11) is 0. The van der Waals surface area contributed by atoms with E-state index in [9.17, 15) is 13.6 Å². The van der Waals surface area contributed by atoms with E-state index < -0.39 is 0 Å². The molecule has 1 saturated heterocycles. The highest BCUT2D eigenvalue weighted by atomic mass is 19.1. The molecule has 1 fully saturated rings. The van der Waals surface area contributed by atoms with Crippen molar-refractivity contribution in [3.63, 3.8) is 0 Å². The van der Waals surface area contributed by atoms with Crippen molar-refractivity contribution in [2.45, 2.75) is 67.9 Å². The van der Waals surface area contributed by atoms with Crippen molar-refractivity contribution < 1.29 is 13.6 Å². The quantitative estimate of drug-likeness (QED) is 0.204. The third-order valence-electron chi connectivity index (χ3n) is 8.49. The van der Waals surface area contributed by atoms with E-state index in [1.807, 2.05) is 67.3 Å². The van der Waals surface area contributed by atoms with Crippen LogP contribution in [-0.2, 0) is 6.54 Å². The monoisotopic (exact) mass is 650 g/mol. The molecule has 0 unspecified atom stereocenters. The molecule has 0 aromatic heterocycles. The molecule has 0 N–H and O–H groups in total. The Kier molecular flexibility index (Phi) is 14.8. The molecule has 3 aromatic carbocycles. The van der Waals surface area contributed by atoms with Crippen LogP contribution in [0.2, 0.25) is 0 Å². The Balaban J connectivity index is 0.000000542. The highest BCUT2D eigenvalue weighted by molar-refractivity contribution is 5.95. The van der Waals surface area contributed by atoms with Gasteiger partial charge in [0, 0.05) is 42.5 Å². The maximum absolute atomic E-state index is 14.0. The number of halogens is 2. The van der Waals surface area contributed by atoms with Crippen molar-refractivity contribution >= 4 is 17.7 Å². The van der Waals surface area contributed by atoms with Crippen molar-refractivity contribution in [3.05, 3.63) is 154 Å². The average Bonchev–Trinajstić information content (AvgIpc) is 3.07. The molecule has 1 aliphatic rings. The van der Waals surface area contributed by atoms with Gasteiger partial charge in [-0.2, -0.15) is 0 Å². The van der Waals surface area contributed by atoms with Crippen LogP contribution in [0.15, 0.2) is 121 Å². The molecule has 254 valence electrons. The first-order chi connectivity index (χ1) is 22.9. The van der Waals surface area contributed by atoms with Crippen LogP contribution in [0, 0.1) is 31.5 Å². The van der Waals surface area contributed by atoms with Crippen LogP contribution in [-0.4, -0.2) is 23.9 Å². The molecule has 4 rings (SSSR count). The number of likely N-dealkylation sites (tertiary alicyclic amines) is 1. The number of hydrogen-bond donors (Lipinski definition) is 0. The second kappa shape index (κ2) is 18.7. The van der Waals surface area contributed by atoms with Crippen molar-refractivity contribution in [1.29, 1.82) is 0 Å². The summed E-state index contributed by atoms with van der Waals surface area (Å²) < 4.78 is 26.4. The SMILES string of the molecule is C=C(C1CCN(C(=O)c2ccc(C)c(/C=C\C(C)C)c2)CC1)N(Cc1cccc(F)c1)c1ccccc1C.C\C=C/C(C)=C\C(F)=C/C. The highest BCUT2D eigenvalue weighted by Gasteiger charge is 2.28. The molecule has 0 spiro atoms. The van der Waals surface area contributed by atoms with Crippen molar-refractivity contribution in [1.82, 2.24) is 4.90 Å². The first-order valence-electron chi connectivity index (χ1n) is 16.9. The average molecular weight is 651 g/mol. The molecular weight excluding hydrogens is 598 g/mol. The Morgan fingerprint density at radius 2 is 1.71 bits per heavy atom. The number of aryl methyl sites for hydroxylation is 2. The van der Waals surface area contributed by atoms with Crippen LogP contribution in [0.25, 0.3) is 6.08 Å². The number of amides is 1. The van der Waals surface area contributed by atoms with E-state index in [-0.39, 0.29) is 23.5 Å². The van der Waals surface area contributed by atoms with Crippen LogP contribution in [0.3, 0.4) is 0 Å². The molecule has 48 heavy (non-hydrogen) atoms. The lowest BCUT2D eigenvalue weighted by molar-refractivity contribution is 0.0701. The lowest BCUT2D eigenvalue weighted by Crippen LogP contribution is -2.40. The van der Waals surface area contributed by atoms with Gasteiger partial charge in [0.05, 0.1) is 0 Å². The molecule has 1 amide bonds. The largest absolute Gasteiger partial charge is 0.341 e. The van der Waals surface area contributed by atoms with Crippen molar-refractivity contribution in [2.75, 3.05) is 18.0 Å². The minimum absolute atomic E-state index is 0.0868. The maximum atomic E-state index is 14.0.